The third kappa shape index (κ3) is 2.24. The van der Waals surface area contributed by atoms with Crippen molar-refractivity contribution in [1.82, 2.24) is 9.78 Å². The minimum atomic E-state index is -0.590. The summed E-state index contributed by atoms with van der Waals surface area (Å²) in [4.78, 5) is 22.2. The van der Waals surface area contributed by atoms with E-state index in [1.54, 1.807) is 6.26 Å². The Labute approximate surface area is 96.8 Å². The van der Waals surface area contributed by atoms with E-state index in [4.69, 9.17) is 0 Å². The molecule has 1 aromatic heterocycles. The molecule has 0 spiro atoms. The molecule has 1 aromatic rings. The van der Waals surface area contributed by atoms with Crippen LogP contribution in [0.4, 0.5) is 5.69 Å². The van der Waals surface area contributed by atoms with Crippen LogP contribution in [0.15, 0.2) is 15.9 Å². The average molecular weight is 243 g/mol. The van der Waals surface area contributed by atoms with Crippen molar-refractivity contribution in [2.24, 2.45) is 0 Å². The van der Waals surface area contributed by atoms with Gasteiger partial charge in [-0.3, -0.25) is 14.9 Å². The van der Waals surface area contributed by atoms with Gasteiger partial charge in [0.05, 0.1) is 10.5 Å². The zero-order chi connectivity index (χ0) is 12.5. The van der Waals surface area contributed by atoms with E-state index in [1.807, 2.05) is 20.8 Å². The quantitative estimate of drug-likeness (QED) is 0.448. The number of rotatable bonds is 2. The van der Waals surface area contributed by atoms with E-state index in [0.29, 0.717) is 0 Å². The Morgan fingerprint density at radius 1 is 1.50 bits per heavy atom. The van der Waals surface area contributed by atoms with Gasteiger partial charge < -0.3 is 0 Å². The van der Waals surface area contributed by atoms with Crippen molar-refractivity contribution in [2.75, 3.05) is 6.26 Å². The van der Waals surface area contributed by atoms with Gasteiger partial charge >= 0.3 is 5.69 Å². The van der Waals surface area contributed by atoms with Crippen LogP contribution in [-0.4, -0.2) is 21.0 Å². The lowest BCUT2D eigenvalue weighted by molar-refractivity contribution is -0.388. The fourth-order valence-electron chi connectivity index (χ4n) is 1.23. The second-order valence-electron chi connectivity index (χ2n) is 4.21. The van der Waals surface area contributed by atoms with Crippen LogP contribution in [-0.2, 0) is 5.54 Å². The van der Waals surface area contributed by atoms with E-state index in [2.05, 4.69) is 5.10 Å². The topological polar surface area (TPSA) is 78.0 Å². The number of hydrogen-bond donors (Lipinski definition) is 0. The van der Waals surface area contributed by atoms with Crippen LogP contribution in [0.3, 0.4) is 0 Å². The summed E-state index contributed by atoms with van der Waals surface area (Å²) in [6.07, 6.45) is 2.76. The molecular weight excluding hydrogens is 230 g/mol. The molecule has 0 saturated carbocycles. The van der Waals surface area contributed by atoms with Gasteiger partial charge in [-0.15, -0.1) is 11.8 Å². The van der Waals surface area contributed by atoms with Crippen molar-refractivity contribution in [3.63, 3.8) is 0 Å². The van der Waals surface area contributed by atoms with Crippen molar-refractivity contribution in [2.45, 2.75) is 31.2 Å². The first-order valence-electron chi connectivity index (χ1n) is 4.60. The van der Waals surface area contributed by atoms with Gasteiger partial charge in [0.2, 0.25) is 0 Å². The van der Waals surface area contributed by atoms with Crippen LogP contribution in [0.1, 0.15) is 20.8 Å². The first kappa shape index (κ1) is 12.7. The Hall–Kier alpha value is -1.37. The molecule has 0 amide bonds. The van der Waals surface area contributed by atoms with Gasteiger partial charge in [-0.05, 0) is 27.0 Å². The fraction of sp³-hybridized carbons (Fsp3) is 0.556. The van der Waals surface area contributed by atoms with Gasteiger partial charge in [0, 0.05) is 0 Å². The van der Waals surface area contributed by atoms with E-state index in [0.717, 1.165) is 18.0 Å². The summed E-state index contributed by atoms with van der Waals surface area (Å²) in [6, 6.07) is 0. The van der Waals surface area contributed by atoms with Crippen LogP contribution in [0.5, 0.6) is 0 Å². The van der Waals surface area contributed by atoms with E-state index in [-0.39, 0.29) is 10.6 Å². The SMILES string of the molecule is CSc1c([N+](=O)[O-])cnn(C(C)(C)C)c1=O. The molecule has 0 bridgehead atoms. The summed E-state index contributed by atoms with van der Waals surface area (Å²) >= 11 is 1.07. The Morgan fingerprint density at radius 2 is 2.06 bits per heavy atom. The maximum absolute atomic E-state index is 11.9. The molecule has 16 heavy (non-hydrogen) atoms. The summed E-state index contributed by atoms with van der Waals surface area (Å²) in [5, 5.41) is 14.5. The molecule has 0 aliphatic carbocycles. The minimum absolute atomic E-state index is 0.120. The molecule has 0 aliphatic rings. The molecule has 0 fully saturated rings. The van der Waals surface area contributed by atoms with E-state index in [9.17, 15) is 14.9 Å². The molecule has 88 valence electrons. The smallest absolute Gasteiger partial charge is 0.266 e. The first-order chi connectivity index (χ1) is 7.29. The average Bonchev–Trinajstić information content (AvgIpc) is 2.14. The summed E-state index contributed by atoms with van der Waals surface area (Å²) in [5.74, 6) is 0. The van der Waals surface area contributed by atoms with Gasteiger partial charge in [0.15, 0.2) is 4.90 Å². The molecule has 0 N–H and O–H groups in total. The summed E-state index contributed by atoms with van der Waals surface area (Å²) in [6.45, 7) is 5.45. The lowest BCUT2D eigenvalue weighted by Crippen LogP contribution is -2.36. The molecule has 1 heterocycles. The highest BCUT2D eigenvalue weighted by Gasteiger charge is 2.24. The lowest BCUT2D eigenvalue weighted by Gasteiger charge is -2.20. The van der Waals surface area contributed by atoms with Gasteiger partial charge in [0.25, 0.3) is 5.56 Å². The zero-order valence-electron chi connectivity index (χ0n) is 9.55. The molecule has 1 rings (SSSR count). The molecular formula is C9H13N3O3S. The largest absolute Gasteiger partial charge is 0.308 e. The Bertz CT molecular complexity index is 476. The van der Waals surface area contributed by atoms with E-state index in [1.165, 1.54) is 4.68 Å². The third-order valence-electron chi connectivity index (χ3n) is 1.95. The minimum Gasteiger partial charge on any atom is -0.266 e. The maximum Gasteiger partial charge on any atom is 0.308 e. The summed E-state index contributed by atoms with van der Waals surface area (Å²) < 4.78 is 1.26. The first-order valence-corrected chi connectivity index (χ1v) is 5.82. The number of nitro groups is 1. The molecule has 0 radical (unpaired) electrons. The Morgan fingerprint density at radius 3 is 2.44 bits per heavy atom. The number of hydrogen-bond acceptors (Lipinski definition) is 5. The Balaban J connectivity index is 3.53. The highest BCUT2D eigenvalue weighted by molar-refractivity contribution is 7.98. The van der Waals surface area contributed by atoms with Crippen LogP contribution in [0.2, 0.25) is 0 Å². The molecule has 0 unspecified atom stereocenters. The normalized spacial score (nSPS) is 11.5. The van der Waals surface area contributed by atoms with Crippen LogP contribution < -0.4 is 5.56 Å². The van der Waals surface area contributed by atoms with Crippen LogP contribution >= 0.6 is 11.8 Å². The van der Waals surface area contributed by atoms with Crippen molar-refractivity contribution in [3.8, 4) is 0 Å². The monoisotopic (exact) mass is 243 g/mol. The summed E-state index contributed by atoms with van der Waals surface area (Å²) in [5.41, 5.74) is -1.15. The number of nitrogens with zero attached hydrogens (tertiary/aromatic N) is 3. The maximum atomic E-state index is 11.9. The van der Waals surface area contributed by atoms with Crippen molar-refractivity contribution in [3.05, 3.63) is 26.7 Å². The van der Waals surface area contributed by atoms with E-state index < -0.39 is 16.0 Å². The van der Waals surface area contributed by atoms with Crippen molar-refractivity contribution < 1.29 is 4.92 Å². The molecule has 0 aromatic carbocycles. The van der Waals surface area contributed by atoms with Crippen molar-refractivity contribution in [1.29, 1.82) is 0 Å². The standard InChI is InChI=1S/C9H13N3O3S/c1-9(2,3)11-8(13)7(16-4)6(5-10-11)12(14)15/h5H,1-4H3. The van der Waals surface area contributed by atoms with Crippen LogP contribution in [0, 0.1) is 10.1 Å². The van der Waals surface area contributed by atoms with Gasteiger partial charge in [0.1, 0.15) is 6.20 Å². The highest BCUT2D eigenvalue weighted by Crippen LogP contribution is 2.23. The predicted octanol–water partition coefficient (Wildman–Crippen LogP) is 1.63. The molecule has 6 nitrogen and oxygen atoms in total. The van der Waals surface area contributed by atoms with Gasteiger partial charge in [-0.2, -0.15) is 5.10 Å². The second-order valence-corrected chi connectivity index (χ2v) is 5.02. The lowest BCUT2D eigenvalue weighted by atomic mass is 10.1. The highest BCUT2D eigenvalue weighted by atomic mass is 32.2. The molecule has 0 aliphatic heterocycles. The number of thioether (sulfide) groups is 1. The molecule has 0 saturated heterocycles. The summed E-state index contributed by atoms with van der Waals surface area (Å²) in [7, 11) is 0. The van der Waals surface area contributed by atoms with Gasteiger partial charge in [-0.1, -0.05) is 0 Å². The zero-order valence-corrected chi connectivity index (χ0v) is 10.4. The predicted molar refractivity (Wildman–Crippen MR) is 61.9 cm³/mol. The Kier molecular flexibility index (Phi) is 3.37. The second kappa shape index (κ2) is 4.25. The van der Waals surface area contributed by atoms with Crippen LogP contribution in [0.25, 0.3) is 0 Å². The fourth-order valence-corrected chi connectivity index (χ4v) is 1.83. The molecule has 0 atom stereocenters. The molecule has 7 heteroatoms. The third-order valence-corrected chi connectivity index (χ3v) is 2.74. The van der Waals surface area contributed by atoms with E-state index >= 15 is 0 Å². The van der Waals surface area contributed by atoms with Gasteiger partial charge in [-0.25, -0.2) is 4.68 Å². The number of aromatic nitrogens is 2. The van der Waals surface area contributed by atoms with Crippen molar-refractivity contribution >= 4 is 17.4 Å².